The van der Waals surface area contributed by atoms with Crippen LogP contribution in [0, 0.1) is 13.8 Å². The van der Waals surface area contributed by atoms with Crippen molar-refractivity contribution in [2.45, 2.75) is 33.7 Å². The van der Waals surface area contributed by atoms with Crippen molar-refractivity contribution in [1.82, 2.24) is 20.4 Å². The molecule has 0 bridgehead atoms. The molecule has 1 aliphatic heterocycles. The molecule has 0 fully saturated rings. The third-order valence-corrected chi connectivity index (χ3v) is 5.59. The number of nitrogens with one attached hydrogen (secondary N) is 1. The molecule has 1 aromatic heterocycles. The molecule has 0 amide bonds. The van der Waals surface area contributed by atoms with Crippen LogP contribution in [0.3, 0.4) is 0 Å². The third-order valence-electron chi connectivity index (χ3n) is 5.26. The summed E-state index contributed by atoms with van der Waals surface area (Å²) in [6, 6.07) is 16.4. The van der Waals surface area contributed by atoms with E-state index in [2.05, 4.69) is 79.5 Å². The summed E-state index contributed by atoms with van der Waals surface area (Å²) in [6.07, 6.45) is 0. The fourth-order valence-electron chi connectivity index (χ4n) is 3.68. The van der Waals surface area contributed by atoms with Gasteiger partial charge < -0.3 is 14.7 Å². The Morgan fingerprint density at radius 1 is 1.07 bits per heavy atom. The molecule has 4 rings (SSSR count). The van der Waals surface area contributed by atoms with E-state index >= 15 is 0 Å². The quantitative estimate of drug-likeness (QED) is 0.615. The van der Waals surface area contributed by atoms with Gasteiger partial charge in [0.05, 0.1) is 11.6 Å². The van der Waals surface area contributed by atoms with Gasteiger partial charge in [0.25, 0.3) is 5.89 Å². The molecule has 1 unspecified atom stereocenters. The number of hydrogen-bond acceptors (Lipinski definition) is 4. The normalized spacial score (nSPS) is 16.9. The molecule has 2 heterocycles. The Balaban J connectivity index is 1.81. The van der Waals surface area contributed by atoms with Crippen LogP contribution in [0.1, 0.15) is 42.5 Å². The summed E-state index contributed by atoms with van der Waals surface area (Å²) < 4.78 is 5.74. The summed E-state index contributed by atoms with van der Waals surface area (Å²) >= 11 is 5.62. The van der Waals surface area contributed by atoms with Crippen molar-refractivity contribution in [2.24, 2.45) is 0 Å². The number of benzene rings is 2. The molecule has 0 aliphatic carbocycles. The second-order valence-electron chi connectivity index (χ2n) is 7.33. The van der Waals surface area contributed by atoms with Crippen molar-refractivity contribution < 1.29 is 4.52 Å². The largest absolute Gasteiger partial charge is 0.351 e. The summed E-state index contributed by atoms with van der Waals surface area (Å²) in [5.41, 5.74) is 6.40. The molecule has 0 saturated carbocycles. The van der Waals surface area contributed by atoms with Crippen LogP contribution in [0.15, 0.2) is 58.8 Å². The molecule has 148 valence electrons. The Bertz CT molecular complexity index is 1080. The molecule has 1 atom stereocenters. The highest BCUT2D eigenvalue weighted by Gasteiger charge is 2.33. The predicted molar refractivity (Wildman–Crippen MR) is 119 cm³/mol. The number of aryl methyl sites for hydroxylation is 2. The smallest absolute Gasteiger partial charge is 0.258 e. The molecule has 6 heteroatoms. The number of thiocarbonyl (C=S) groups is 1. The molecule has 2 aromatic carbocycles. The van der Waals surface area contributed by atoms with Gasteiger partial charge in [0.1, 0.15) is 0 Å². The number of allylic oxidation sites excluding steroid dienone is 1. The molecule has 29 heavy (non-hydrogen) atoms. The summed E-state index contributed by atoms with van der Waals surface area (Å²) in [7, 11) is 0. The van der Waals surface area contributed by atoms with Crippen molar-refractivity contribution in [2.75, 3.05) is 6.54 Å². The zero-order valence-electron chi connectivity index (χ0n) is 17.1. The molecule has 1 N–H and O–H groups in total. The van der Waals surface area contributed by atoms with Crippen molar-refractivity contribution in [3.05, 3.63) is 76.8 Å². The lowest BCUT2D eigenvalue weighted by Crippen LogP contribution is -2.45. The minimum absolute atomic E-state index is 0.142. The number of hydrogen-bond donors (Lipinski definition) is 1. The van der Waals surface area contributed by atoms with Gasteiger partial charge in [-0.15, -0.1) is 0 Å². The lowest BCUT2D eigenvalue weighted by molar-refractivity contribution is 0.398. The molecule has 0 spiro atoms. The van der Waals surface area contributed by atoms with Crippen LogP contribution in [0.5, 0.6) is 0 Å². The Hall–Kier alpha value is -2.99. The number of nitrogens with zero attached hydrogens (tertiary/aromatic N) is 3. The van der Waals surface area contributed by atoms with Crippen molar-refractivity contribution >= 4 is 22.9 Å². The van der Waals surface area contributed by atoms with Crippen LogP contribution in [0.25, 0.3) is 17.0 Å². The van der Waals surface area contributed by atoms with Gasteiger partial charge in [0.2, 0.25) is 5.82 Å². The zero-order chi connectivity index (χ0) is 20.5. The first-order chi connectivity index (χ1) is 14.0. The Morgan fingerprint density at radius 2 is 1.83 bits per heavy atom. The van der Waals surface area contributed by atoms with Gasteiger partial charge in [-0.1, -0.05) is 58.7 Å². The maximum absolute atomic E-state index is 5.74. The highest BCUT2D eigenvalue weighted by molar-refractivity contribution is 7.80. The van der Waals surface area contributed by atoms with E-state index in [-0.39, 0.29) is 6.04 Å². The molecular weight excluding hydrogens is 380 g/mol. The van der Waals surface area contributed by atoms with E-state index in [9.17, 15) is 0 Å². The van der Waals surface area contributed by atoms with Gasteiger partial charge in [-0.25, -0.2) is 0 Å². The second-order valence-corrected chi connectivity index (χ2v) is 7.72. The van der Waals surface area contributed by atoms with E-state index in [0.717, 1.165) is 34.5 Å². The topological polar surface area (TPSA) is 54.2 Å². The van der Waals surface area contributed by atoms with Crippen LogP contribution >= 0.6 is 12.2 Å². The van der Waals surface area contributed by atoms with Crippen LogP contribution in [-0.4, -0.2) is 26.7 Å². The lowest BCUT2D eigenvalue weighted by atomic mass is 9.94. The monoisotopic (exact) mass is 404 g/mol. The summed E-state index contributed by atoms with van der Waals surface area (Å²) in [4.78, 5) is 6.80. The average Bonchev–Trinajstić information content (AvgIpc) is 3.18. The van der Waals surface area contributed by atoms with E-state index in [0.29, 0.717) is 16.8 Å². The van der Waals surface area contributed by atoms with Gasteiger partial charge in [0, 0.05) is 17.8 Å². The fourth-order valence-corrected chi connectivity index (χ4v) is 4.07. The molecule has 3 aromatic rings. The third kappa shape index (κ3) is 3.68. The number of rotatable bonds is 4. The minimum Gasteiger partial charge on any atom is -0.351 e. The first-order valence-electron chi connectivity index (χ1n) is 9.74. The van der Waals surface area contributed by atoms with Gasteiger partial charge in [0.15, 0.2) is 5.11 Å². The molecule has 5 nitrogen and oxygen atoms in total. The van der Waals surface area contributed by atoms with Crippen LogP contribution in [0.2, 0.25) is 0 Å². The van der Waals surface area contributed by atoms with E-state index in [1.54, 1.807) is 0 Å². The van der Waals surface area contributed by atoms with Crippen molar-refractivity contribution in [3.8, 4) is 11.4 Å². The van der Waals surface area contributed by atoms with Crippen LogP contribution in [-0.2, 0) is 0 Å². The first kappa shape index (κ1) is 19.3. The highest BCUT2D eigenvalue weighted by Crippen LogP contribution is 2.37. The maximum Gasteiger partial charge on any atom is 0.258 e. The van der Waals surface area contributed by atoms with Crippen LogP contribution < -0.4 is 5.32 Å². The van der Waals surface area contributed by atoms with Gasteiger partial charge in [-0.3, -0.25) is 0 Å². The molecule has 0 saturated heterocycles. The second kappa shape index (κ2) is 7.79. The van der Waals surface area contributed by atoms with Gasteiger partial charge in [-0.2, -0.15) is 4.98 Å². The SMILES string of the molecule is CCN1C(=S)NC(c2ccc(C)cc2)C(c2nc(-c3cccc(C)c3)no2)=C1C. The highest BCUT2D eigenvalue weighted by atomic mass is 32.1. The summed E-state index contributed by atoms with van der Waals surface area (Å²) in [5.74, 6) is 1.10. The summed E-state index contributed by atoms with van der Waals surface area (Å²) in [6.45, 7) is 9.03. The lowest BCUT2D eigenvalue weighted by Gasteiger charge is -2.36. The standard InChI is InChI=1S/C23H24N4OS/c1-5-27-16(4)19(20(24-23(27)29)17-11-9-14(2)10-12-17)22-25-21(26-28-22)18-8-6-7-15(3)13-18/h6-13,20H,5H2,1-4H3,(H,24,29). The van der Waals surface area contributed by atoms with E-state index in [1.165, 1.54) is 5.56 Å². The van der Waals surface area contributed by atoms with Gasteiger partial charge >= 0.3 is 0 Å². The van der Waals surface area contributed by atoms with Crippen LogP contribution in [0.4, 0.5) is 0 Å². The number of aromatic nitrogens is 2. The van der Waals surface area contributed by atoms with Gasteiger partial charge in [-0.05, 0) is 51.5 Å². The maximum atomic E-state index is 5.74. The zero-order valence-corrected chi connectivity index (χ0v) is 17.9. The van der Waals surface area contributed by atoms with E-state index < -0.39 is 0 Å². The fraction of sp³-hybridized carbons (Fsp3) is 0.261. The average molecular weight is 405 g/mol. The van der Waals surface area contributed by atoms with E-state index in [4.69, 9.17) is 21.7 Å². The Kier molecular flexibility index (Phi) is 5.20. The molecule has 0 radical (unpaired) electrons. The van der Waals surface area contributed by atoms with Crippen molar-refractivity contribution in [1.29, 1.82) is 0 Å². The van der Waals surface area contributed by atoms with E-state index in [1.807, 2.05) is 12.1 Å². The Morgan fingerprint density at radius 3 is 2.52 bits per heavy atom. The molecule has 1 aliphatic rings. The molecular formula is C23H24N4OS. The first-order valence-corrected chi connectivity index (χ1v) is 10.1. The minimum atomic E-state index is -0.142. The summed E-state index contributed by atoms with van der Waals surface area (Å²) in [5, 5.41) is 8.42. The predicted octanol–water partition coefficient (Wildman–Crippen LogP) is 5.04. The Labute approximate surface area is 176 Å². The van der Waals surface area contributed by atoms with Crippen molar-refractivity contribution in [3.63, 3.8) is 0 Å².